The minimum Gasteiger partial charge on any atom is -0.456 e. The van der Waals surface area contributed by atoms with E-state index in [1.54, 1.807) is 56.1 Å². The van der Waals surface area contributed by atoms with Gasteiger partial charge in [-0.05, 0) is 46.1 Å². The molecule has 0 aromatic carbocycles. The number of esters is 1. The second-order valence-electron chi connectivity index (χ2n) is 9.78. The summed E-state index contributed by atoms with van der Waals surface area (Å²) in [6.45, 7) is 12.2. The number of ether oxygens (including phenoxy) is 1. The summed E-state index contributed by atoms with van der Waals surface area (Å²) in [5, 5.41) is 7.51. The first-order chi connectivity index (χ1) is 17.1. The summed E-state index contributed by atoms with van der Waals surface area (Å²) in [5.41, 5.74) is -0.0420. The topological polar surface area (TPSA) is 106 Å². The third-order valence-electron chi connectivity index (χ3n) is 5.43. The van der Waals surface area contributed by atoms with E-state index in [0.717, 1.165) is 37.0 Å². The first-order valence-electron chi connectivity index (χ1n) is 12.8. The lowest BCUT2D eigenvalue weighted by Crippen LogP contribution is -2.40. The van der Waals surface area contributed by atoms with E-state index in [-0.39, 0.29) is 11.5 Å². The van der Waals surface area contributed by atoms with Crippen LogP contribution in [0, 0.1) is 6.92 Å². The molecular weight excluding hydrogens is 478 g/mol. The van der Waals surface area contributed by atoms with E-state index in [4.69, 9.17) is 4.74 Å². The van der Waals surface area contributed by atoms with E-state index in [1.807, 2.05) is 6.92 Å². The summed E-state index contributed by atoms with van der Waals surface area (Å²) >= 11 is 1.08. The molecule has 2 aromatic heterocycles. The molecule has 3 amide bonds. The maximum atomic E-state index is 13.5. The number of unbranched alkanes of at least 4 members (excludes halogenated alkanes) is 5. The SMILES string of the molecule is CCCCCCCCNC(=O)Nc1sc(C(=O)N(CCC)n2ccnc2)c(C)c1C(=O)OC(C)(C)C. The number of carbonyl (C=O) groups excluding carboxylic acids is 3. The lowest BCUT2D eigenvalue weighted by molar-refractivity contribution is 0.00705. The Balaban J connectivity index is 2.24. The molecule has 36 heavy (non-hydrogen) atoms. The molecular formula is C26H41N5O4S. The molecule has 0 aliphatic carbocycles. The number of thiophene rings is 1. The Labute approximate surface area is 218 Å². The molecule has 0 radical (unpaired) electrons. The molecule has 0 spiro atoms. The Morgan fingerprint density at radius 3 is 2.39 bits per heavy atom. The van der Waals surface area contributed by atoms with Crippen LogP contribution >= 0.6 is 11.3 Å². The number of imidazole rings is 1. The standard InChI is InChI=1S/C26H41N5O4S/c1-7-9-10-11-12-13-14-28-25(34)29-22-20(24(33)35-26(4,5)6)19(3)21(36-22)23(32)31(16-8-2)30-17-15-27-18-30/h15,17-18H,7-14,16H2,1-6H3,(H2,28,29,34). The summed E-state index contributed by atoms with van der Waals surface area (Å²) in [4.78, 5) is 43.7. The van der Waals surface area contributed by atoms with Gasteiger partial charge < -0.3 is 10.1 Å². The molecule has 9 nitrogen and oxygen atoms in total. The molecule has 10 heteroatoms. The van der Waals surface area contributed by atoms with Crippen LogP contribution < -0.4 is 15.6 Å². The molecule has 200 valence electrons. The van der Waals surface area contributed by atoms with Gasteiger partial charge in [0.1, 0.15) is 16.9 Å². The van der Waals surface area contributed by atoms with Gasteiger partial charge in [-0.15, -0.1) is 11.3 Å². The Bertz CT molecular complexity index is 995. The summed E-state index contributed by atoms with van der Waals surface area (Å²) in [6, 6.07) is -0.409. The Morgan fingerprint density at radius 1 is 1.08 bits per heavy atom. The van der Waals surface area contributed by atoms with Crippen LogP contribution in [0.5, 0.6) is 0 Å². The Kier molecular flexibility index (Phi) is 11.4. The molecule has 2 heterocycles. The summed E-state index contributed by atoms with van der Waals surface area (Å²) in [6.07, 6.45) is 12.3. The zero-order valence-electron chi connectivity index (χ0n) is 22.5. The van der Waals surface area contributed by atoms with Gasteiger partial charge in [0.2, 0.25) is 0 Å². The number of hydrogen-bond acceptors (Lipinski definition) is 6. The summed E-state index contributed by atoms with van der Waals surface area (Å²) in [7, 11) is 0. The second-order valence-corrected chi connectivity index (χ2v) is 10.8. The van der Waals surface area contributed by atoms with Crippen molar-refractivity contribution in [1.82, 2.24) is 15.0 Å². The van der Waals surface area contributed by atoms with E-state index in [0.29, 0.717) is 28.5 Å². The van der Waals surface area contributed by atoms with Crippen LogP contribution in [0.3, 0.4) is 0 Å². The maximum Gasteiger partial charge on any atom is 0.341 e. The molecule has 0 aliphatic rings. The van der Waals surface area contributed by atoms with Crippen molar-refractivity contribution in [1.29, 1.82) is 0 Å². The van der Waals surface area contributed by atoms with E-state index >= 15 is 0 Å². The number of aromatic nitrogens is 2. The minimum absolute atomic E-state index is 0.204. The number of anilines is 1. The summed E-state index contributed by atoms with van der Waals surface area (Å²) in [5.74, 6) is -0.853. The first-order valence-corrected chi connectivity index (χ1v) is 13.6. The van der Waals surface area contributed by atoms with Crippen molar-refractivity contribution in [3.05, 3.63) is 34.7 Å². The number of hydrogen-bond donors (Lipinski definition) is 2. The first kappa shape index (κ1) is 29.4. The molecule has 0 aliphatic heterocycles. The van der Waals surface area contributed by atoms with Crippen LogP contribution in [-0.4, -0.2) is 46.3 Å². The number of nitrogens with zero attached hydrogens (tertiary/aromatic N) is 3. The third-order valence-corrected chi connectivity index (χ3v) is 6.62. The lowest BCUT2D eigenvalue weighted by atomic mass is 10.1. The highest BCUT2D eigenvalue weighted by Gasteiger charge is 2.31. The largest absolute Gasteiger partial charge is 0.456 e. The van der Waals surface area contributed by atoms with Crippen molar-refractivity contribution in [3.63, 3.8) is 0 Å². The molecule has 0 fully saturated rings. The van der Waals surface area contributed by atoms with E-state index in [2.05, 4.69) is 22.5 Å². The molecule has 2 rings (SSSR count). The molecule has 2 aromatic rings. The van der Waals surface area contributed by atoms with Crippen molar-refractivity contribution >= 4 is 34.2 Å². The van der Waals surface area contributed by atoms with Crippen LogP contribution in [-0.2, 0) is 4.74 Å². The number of nitrogens with one attached hydrogen (secondary N) is 2. The van der Waals surface area contributed by atoms with Gasteiger partial charge in [0.15, 0.2) is 0 Å². The van der Waals surface area contributed by atoms with Crippen LogP contribution in [0.25, 0.3) is 0 Å². The third kappa shape index (κ3) is 8.65. The minimum atomic E-state index is -0.724. The zero-order chi connectivity index (χ0) is 26.7. The zero-order valence-corrected chi connectivity index (χ0v) is 23.3. The van der Waals surface area contributed by atoms with Crippen LogP contribution in [0.15, 0.2) is 18.7 Å². The van der Waals surface area contributed by atoms with Gasteiger partial charge in [-0.1, -0.05) is 46.0 Å². The van der Waals surface area contributed by atoms with Gasteiger partial charge in [-0.3, -0.25) is 10.1 Å². The van der Waals surface area contributed by atoms with Crippen LogP contribution in [0.1, 0.15) is 105 Å². The average molecular weight is 520 g/mol. The fourth-order valence-electron chi connectivity index (χ4n) is 3.68. The van der Waals surface area contributed by atoms with Gasteiger partial charge in [-0.2, -0.15) is 0 Å². The number of amides is 3. The highest BCUT2D eigenvalue weighted by Crippen LogP contribution is 2.35. The van der Waals surface area contributed by atoms with Gasteiger partial charge in [-0.25, -0.2) is 24.3 Å². The maximum absolute atomic E-state index is 13.5. The van der Waals surface area contributed by atoms with Crippen LogP contribution in [0.4, 0.5) is 9.80 Å². The molecule has 0 saturated carbocycles. The van der Waals surface area contributed by atoms with Gasteiger partial charge in [0.05, 0.1) is 10.4 Å². The molecule has 0 saturated heterocycles. The molecule has 0 atom stereocenters. The van der Waals surface area contributed by atoms with Gasteiger partial charge in [0, 0.05) is 25.5 Å². The number of carbonyl (C=O) groups is 3. The second kappa shape index (κ2) is 14.0. The Hall–Kier alpha value is -2.88. The van der Waals surface area contributed by atoms with Crippen molar-refractivity contribution in [2.45, 2.75) is 92.1 Å². The fraction of sp³-hybridized carbons (Fsp3) is 0.615. The highest BCUT2D eigenvalue weighted by atomic mass is 32.1. The summed E-state index contributed by atoms with van der Waals surface area (Å²) < 4.78 is 7.22. The quantitative estimate of drug-likeness (QED) is 0.254. The van der Waals surface area contributed by atoms with E-state index in [9.17, 15) is 14.4 Å². The van der Waals surface area contributed by atoms with Crippen molar-refractivity contribution in [2.24, 2.45) is 0 Å². The molecule has 2 N–H and O–H groups in total. The van der Waals surface area contributed by atoms with E-state index in [1.165, 1.54) is 19.3 Å². The van der Waals surface area contributed by atoms with Gasteiger partial charge in [0.25, 0.3) is 5.91 Å². The van der Waals surface area contributed by atoms with Crippen molar-refractivity contribution in [2.75, 3.05) is 23.4 Å². The average Bonchev–Trinajstić information content (AvgIpc) is 3.43. The predicted octanol–water partition coefficient (Wildman–Crippen LogP) is 5.88. The predicted molar refractivity (Wildman–Crippen MR) is 145 cm³/mol. The van der Waals surface area contributed by atoms with Gasteiger partial charge >= 0.3 is 12.0 Å². The van der Waals surface area contributed by atoms with Crippen molar-refractivity contribution < 1.29 is 19.1 Å². The van der Waals surface area contributed by atoms with Crippen LogP contribution in [0.2, 0.25) is 0 Å². The monoisotopic (exact) mass is 519 g/mol. The fourth-order valence-corrected chi connectivity index (χ4v) is 4.81. The molecule has 0 bridgehead atoms. The normalized spacial score (nSPS) is 11.3. The van der Waals surface area contributed by atoms with Crippen molar-refractivity contribution in [3.8, 4) is 0 Å². The molecule has 0 unspecified atom stereocenters. The smallest absolute Gasteiger partial charge is 0.341 e. The highest BCUT2D eigenvalue weighted by molar-refractivity contribution is 7.18. The lowest BCUT2D eigenvalue weighted by Gasteiger charge is -2.22. The number of urea groups is 1. The number of rotatable bonds is 13. The van der Waals surface area contributed by atoms with E-state index < -0.39 is 17.6 Å². The Morgan fingerprint density at radius 2 is 1.78 bits per heavy atom.